The Morgan fingerprint density at radius 1 is 1.24 bits per heavy atom. The van der Waals surface area contributed by atoms with Gasteiger partial charge in [-0.3, -0.25) is 0 Å². The van der Waals surface area contributed by atoms with Crippen LogP contribution in [0.4, 0.5) is 0 Å². The zero-order chi connectivity index (χ0) is 12.4. The van der Waals surface area contributed by atoms with Crippen LogP contribution >= 0.6 is 22.7 Å². The molecule has 0 spiro atoms. The molecule has 2 rings (SSSR count). The normalized spacial score (nSPS) is 12.9. The number of thiazole rings is 1. The van der Waals surface area contributed by atoms with Crippen molar-refractivity contribution in [2.75, 3.05) is 0 Å². The summed E-state index contributed by atoms with van der Waals surface area (Å²) in [6, 6.07) is 2.68. The topological polar surface area (TPSA) is 24.9 Å². The monoisotopic (exact) mass is 266 g/mol. The standard InChI is InChI=1S/C13H18N2S2/c1-8-5-12(11(4)16-8)10(3)14-7-13-15-6-9(2)17-13/h5-6,10,14H,7H2,1-4H3. The van der Waals surface area contributed by atoms with Crippen LogP contribution in [0.15, 0.2) is 12.3 Å². The van der Waals surface area contributed by atoms with Crippen LogP contribution in [0.2, 0.25) is 0 Å². The quantitative estimate of drug-likeness (QED) is 0.905. The molecular weight excluding hydrogens is 248 g/mol. The summed E-state index contributed by atoms with van der Waals surface area (Å²) in [6.07, 6.45) is 1.94. The minimum absolute atomic E-state index is 0.393. The lowest BCUT2D eigenvalue weighted by atomic mass is 10.1. The van der Waals surface area contributed by atoms with Crippen molar-refractivity contribution in [2.45, 2.75) is 40.3 Å². The Morgan fingerprint density at radius 3 is 2.53 bits per heavy atom. The van der Waals surface area contributed by atoms with Gasteiger partial charge in [0.15, 0.2) is 0 Å². The second-order valence-corrected chi connectivity index (χ2v) is 7.12. The molecule has 1 atom stereocenters. The maximum atomic E-state index is 4.37. The molecule has 2 aromatic rings. The highest BCUT2D eigenvalue weighted by molar-refractivity contribution is 7.12. The number of nitrogens with one attached hydrogen (secondary N) is 1. The van der Waals surface area contributed by atoms with Crippen molar-refractivity contribution >= 4 is 22.7 Å². The molecule has 2 heterocycles. The fourth-order valence-corrected chi connectivity index (χ4v) is 3.67. The van der Waals surface area contributed by atoms with Gasteiger partial charge in [-0.15, -0.1) is 22.7 Å². The molecule has 1 N–H and O–H groups in total. The Hall–Kier alpha value is -0.710. The molecule has 0 bridgehead atoms. The first-order valence-electron chi connectivity index (χ1n) is 5.78. The molecule has 4 heteroatoms. The summed E-state index contributed by atoms with van der Waals surface area (Å²) in [4.78, 5) is 8.44. The predicted molar refractivity (Wildman–Crippen MR) is 75.9 cm³/mol. The third-order valence-electron chi connectivity index (χ3n) is 2.77. The van der Waals surface area contributed by atoms with Gasteiger partial charge in [0.25, 0.3) is 0 Å². The van der Waals surface area contributed by atoms with E-state index in [1.54, 1.807) is 11.3 Å². The number of hydrogen-bond donors (Lipinski definition) is 1. The molecule has 0 amide bonds. The highest BCUT2D eigenvalue weighted by atomic mass is 32.1. The van der Waals surface area contributed by atoms with Crippen molar-refractivity contribution < 1.29 is 0 Å². The lowest BCUT2D eigenvalue weighted by Gasteiger charge is -2.12. The average Bonchev–Trinajstić information content (AvgIpc) is 2.81. The lowest BCUT2D eigenvalue weighted by Crippen LogP contribution is -2.18. The van der Waals surface area contributed by atoms with Crippen LogP contribution in [0, 0.1) is 20.8 Å². The number of aryl methyl sites for hydroxylation is 3. The van der Waals surface area contributed by atoms with Crippen LogP contribution in [-0.2, 0) is 6.54 Å². The van der Waals surface area contributed by atoms with E-state index in [0.29, 0.717) is 6.04 Å². The van der Waals surface area contributed by atoms with E-state index in [-0.39, 0.29) is 0 Å². The first-order valence-corrected chi connectivity index (χ1v) is 7.41. The molecule has 0 aliphatic heterocycles. The van der Waals surface area contributed by atoms with Crippen LogP contribution in [0.3, 0.4) is 0 Å². The van der Waals surface area contributed by atoms with Gasteiger partial charge in [-0.05, 0) is 39.3 Å². The Bertz CT molecular complexity index is 499. The summed E-state index contributed by atoms with van der Waals surface area (Å²) in [7, 11) is 0. The molecule has 0 saturated carbocycles. The molecule has 2 aromatic heterocycles. The Labute approximate surface area is 111 Å². The third-order valence-corrected chi connectivity index (χ3v) is 4.67. The molecule has 0 saturated heterocycles. The first kappa shape index (κ1) is 12.7. The summed E-state index contributed by atoms with van der Waals surface area (Å²) >= 11 is 3.63. The zero-order valence-corrected chi connectivity index (χ0v) is 12.3. The fourth-order valence-electron chi connectivity index (χ4n) is 1.91. The van der Waals surface area contributed by atoms with E-state index in [9.17, 15) is 0 Å². The van der Waals surface area contributed by atoms with Crippen molar-refractivity contribution in [1.29, 1.82) is 0 Å². The maximum absolute atomic E-state index is 4.37. The summed E-state index contributed by atoms with van der Waals surface area (Å²) in [5.74, 6) is 0. The van der Waals surface area contributed by atoms with Crippen LogP contribution in [0.25, 0.3) is 0 Å². The minimum Gasteiger partial charge on any atom is -0.304 e. The third kappa shape index (κ3) is 3.15. The van der Waals surface area contributed by atoms with E-state index in [1.807, 2.05) is 17.5 Å². The highest BCUT2D eigenvalue weighted by Crippen LogP contribution is 2.26. The van der Waals surface area contributed by atoms with Gasteiger partial charge in [0.1, 0.15) is 5.01 Å². The van der Waals surface area contributed by atoms with Crippen molar-refractivity contribution in [3.05, 3.63) is 37.5 Å². The zero-order valence-electron chi connectivity index (χ0n) is 10.7. The molecule has 2 nitrogen and oxygen atoms in total. The van der Waals surface area contributed by atoms with Crippen molar-refractivity contribution in [2.24, 2.45) is 0 Å². The van der Waals surface area contributed by atoms with E-state index in [2.05, 4.69) is 44.1 Å². The Balaban J connectivity index is 1.97. The molecule has 0 radical (unpaired) electrons. The second kappa shape index (κ2) is 5.29. The first-order chi connectivity index (χ1) is 8.06. The van der Waals surface area contributed by atoms with E-state index >= 15 is 0 Å². The molecule has 17 heavy (non-hydrogen) atoms. The molecule has 0 aliphatic carbocycles. The fraction of sp³-hybridized carbons (Fsp3) is 0.462. The van der Waals surface area contributed by atoms with Crippen molar-refractivity contribution in [3.8, 4) is 0 Å². The van der Waals surface area contributed by atoms with Gasteiger partial charge in [-0.25, -0.2) is 4.98 Å². The Kier molecular flexibility index (Phi) is 3.97. The van der Waals surface area contributed by atoms with Gasteiger partial charge in [0.05, 0.1) is 0 Å². The smallest absolute Gasteiger partial charge is 0.107 e. The van der Waals surface area contributed by atoms with Crippen LogP contribution in [0.1, 0.15) is 38.2 Å². The largest absolute Gasteiger partial charge is 0.304 e. The molecule has 1 unspecified atom stereocenters. The van der Waals surface area contributed by atoms with Gasteiger partial charge in [0, 0.05) is 33.4 Å². The summed E-state index contributed by atoms with van der Waals surface area (Å²) < 4.78 is 0. The number of nitrogens with zero attached hydrogens (tertiary/aromatic N) is 1. The van der Waals surface area contributed by atoms with Gasteiger partial charge in [-0.1, -0.05) is 0 Å². The minimum atomic E-state index is 0.393. The van der Waals surface area contributed by atoms with Gasteiger partial charge in [0.2, 0.25) is 0 Å². The molecule has 0 aromatic carbocycles. The van der Waals surface area contributed by atoms with Gasteiger partial charge >= 0.3 is 0 Å². The Morgan fingerprint density at radius 2 is 2.00 bits per heavy atom. The molecule has 0 fully saturated rings. The van der Waals surface area contributed by atoms with E-state index < -0.39 is 0 Å². The number of thiophene rings is 1. The van der Waals surface area contributed by atoms with Gasteiger partial charge < -0.3 is 5.32 Å². The van der Waals surface area contributed by atoms with E-state index in [1.165, 1.54) is 25.2 Å². The predicted octanol–water partition coefficient (Wildman–Crippen LogP) is 3.98. The van der Waals surface area contributed by atoms with Crippen LogP contribution < -0.4 is 5.32 Å². The summed E-state index contributed by atoms with van der Waals surface area (Å²) in [5, 5.41) is 4.70. The van der Waals surface area contributed by atoms with Crippen LogP contribution in [0.5, 0.6) is 0 Å². The lowest BCUT2D eigenvalue weighted by molar-refractivity contribution is 0.572. The van der Waals surface area contributed by atoms with E-state index in [4.69, 9.17) is 0 Å². The van der Waals surface area contributed by atoms with E-state index in [0.717, 1.165) is 6.54 Å². The molecule has 0 aliphatic rings. The molecular formula is C13H18N2S2. The SMILES string of the molecule is Cc1cnc(CNC(C)c2cc(C)sc2C)s1. The number of aromatic nitrogens is 1. The second-order valence-electron chi connectivity index (χ2n) is 4.34. The average molecular weight is 266 g/mol. The summed E-state index contributed by atoms with van der Waals surface area (Å²) in [5.41, 5.74) is 1.42. The summed E-state index contributed by atoms with van der Waals surface area (Å²) in [6.45, 7) is 9.52. The molecule has 92 valence electrons. The highest BCUT2D eigenvalue weighted by Gasteiger charge is 2.11. The van der Waals surface area contributed by atoms with Crippen molar-refractivity contribution in [3.63, 3.8) is 0 Å². The number of hydrogen-bond acceptors (Lipinski definition) is 4. The van der Waals surface area contributed by atoms with Crippen LogP contribution in [-0.4, -0.2) is 4.98 Å². The maximum Gasteiger partial charge on any atom is 0.107 e. The number of rotatable bonds is 4. The van der Waals surface area contributed by atoms with Crippen molar-refractivity contribution in [1.82, 2.24) is 10.3 Å². The van der Waals surface area contributed by atoms with Gasteiger partial charge in [-0.2, -0.15) is 0 Å².